The second kappa shape index (κ2) is 77.4. The molecule has 0 aromatic carbocycles. The number of esters is 4. The molecule has 0 rings (SSSR count). The van der Waals surface area contributed by atoms with Gasteiger partial charge < -0.3 is 33.8 Å². The second-order valence-electron chi connectivity index (χ2n) is 31.6. The van der Waals surface area contributed by atoms with Crippen LogP contribution >= 0.6 is 15.6 Å². The van der Waals surface area contributed by atoms with E-state index in [4.69, 9.17) is 37.0 Å². The molecule has 0 saturated carbocycles. The lowest BCUT2D eigenvalue weighted by molar-refractivity contribution is -0.161. The topological polar surface area (TPSA) is 237 Å². The molecule has 0 aliphatic heterocycles. The van der Waals surface area contributed by atoms with Gasteiger partial charge in [-0.25, -0.2) is 9.13 Å². The van der Waals surface area contributed by atoms with Crippen LogP contribution < -0.4 is 0 Å². The molecule has 0 bridgehead atoms. The van der Waals surface area contributed by atoms with Crippen molar-refractivity contribution in [3.8, 4) is 0 Å². The average Bonchev–Trinajstić information content (AvgIpc) is 0.912. The lowest BCUT2D eigenvalue weighted by atomic mass is 9.99. The SMILES string of the molecule is CCCCCCCCCCCCCCCCCCCCC(=O)OC[C@H](COP(=O)(O)OC[C@@H](O)COP(=O)(O)OC[C@@H](COC(=O)CCCCCCCCCC(C)C)OC(=O)CCCCCCCCCCCCCCCCC)OC(=O)CCCCCCCCCCCCCCCCCCCCC(C)CC. The zero-order chi connectivity index (χ0) is 77.1. The van der Waals surface area contributed by atoms with Crippen molar-refractivity contribution in [2.45, 2.75) is 477 Å². The number of phosphoric ester groups is 2. The molecule has 0 amide bonds. The van der Waals surface area contributed by atoms with Gasteiger partial charge in [0, 0.05) is 25.7 Å². The summed E-state index contributed by atoms with van der Waals surface area (Å²) in [6.07, 6.45) is 69.5. The van der Waals surface area contributed by atoms with E-state index >= 15 is 0 Å². The van der Waals surface area contributed by atoms with E-state index in [2.05, 4.69) is 41.5 Å². The van der Waals surface area contributed by atoms with Gasteiger partial charge in [0.25, 0.3) is 0 Å². The van der Waals surface area contributed by atoms with Crippen LogP contribution in [0.3, 0.4) is 0 Å². The van der Waals surface area contributed by atoms with Gasteiger partial charge in [0.2, 0.25) is 0 Å². The second-order valence-corrected chi connectivity index (χ2v) is 34.6. The van der Waals surface area contributed by atoms with Gasteiger partial charge >= 0.3 is 39.5 Å². The van der Waals surface area contributed by atoms with E-state index in [0.717, 1.165) is 102 Å². The first-order valence-electron chi connectivity index (χ1n) is 44.5. The van der Waals surface area contributed by atoms with E-state index in [1.54, 1.807) is 0 Å². The number of rotatable bonds is 85. The van der Waals surface area contributed by atoms with E-state index in [1.807, 2.05) is 0 Å². The zero-order valence-corrected chi connectivity index (χ0v) is 70.8. The summed E-state index contributed by atoms with van der Waals surface area (Å²) in [5.74, 6) is -0.526. The molecule has 0 heterocycles. The van der Waals surface area contributed by atoms with Crippen LogP contribution in [0.2, 0.25) is 0 Å². The Morgan fingerprint density at radius 3 is 0.724 bits per heavy atom. The Kier molecular flexibility index (Phi) is 76.0. The van der Waals surface area contributed by atoms with Gasteiger partial charge in [-0.3, -0.25) is 37.3 Å². The summed E-state index contributed by atoms with van der Waals surface area (Å²) in [6.45, 7) is 9.68. The fourth-order valence-corrected chi connectivity index (χ4v) is 15.0. The Balaban J connectivity index is 5.22. The molecule has 0 aromatic rings. The number of carbonyl (C=O) groups is 4. The molecule has 105 heavy (non-hydrogen) atoms. The number of carbonyl (C=O) groups excluding carboxylic acids is 4. The van der Waals surface area contributed by atoms with Crippen molar-refractivity contribution in [3.63, 3.8) is 0 Å². The van der Waals surface area contributed by atoms with Gasteiger partial charge in [0.15, 0.2) is 12.2 Å². The minimum absolute atomic E-state index is 0.108. The number of hydrogen-bond donors (Lipinski definition) is 3. The van der Waals surface area contributed by atoms with Crippen LogP contribution in [0.15, 0.2) is 0 Å². The van der Waals surface area contributed by atoms with Gasteiger partial charge in [0.05, 0.1) is 26.4 Å². The standard InChI is InChI=1S/C86H168O17P2/c1-7-10-12-14-16-18-20-22-24-25-29-33-36-40-44-50-56-62-68-83(88)96-74-81(102-85(90)71-65-59-52-46-42-38-34-30-27-26-28-32-35-39-43-49-55-61-67-79(6)9-3)76-100-104(92,93)98-72-80(87)73-99-105(94,95)101-77-82(75-97-84(89)69-63-57-53-47-48-54-60-66-78(4)5)103-86(91)70-64-58-51-45-41-37-31-23-21-19-17-15-13-11-8-2/h78-82,87H,7-77H2,1-6H3,(H,92,93)(H,94,95)/t79?,80-,81-,82-/m1/s1. The molecule has 624 valence electrons. The Morgan fingerprint density at radius 2 is 0.486 bits per heavy atom. The third-order valence-corrected chi connectivity index (χ3v) is 22.5. The van der Waals surface area contributed by atoms with Gasteiger partial charge in [-0.1, -0.05) is 408 Å². The van der Waals surface area contributed by atoms with Crippen molar-refractivity contribution in [1.82, 2.24) is 0 Å². The van der Waals surface area contributed by atoms with Crippen molar-refractivity contribution >= 4 is 39.5 Å². The summed E-state index contributed by atoms with van der Waals surface area (Å²) < 4.78 is 68.9. The van der Waals surface area contributed by atoms with Crippen LogP contribution in [0.5, 0.6) is 0 Å². The average molecular weight is 1540 g/mol. The molecule has 0 spiro atoms. The molecule has 19 heteroatoms. The summed E-state index contributed by atoms with van der Waals surface area (Å²) in [5, 5.41) is 10.7. The van der Waals surface area contributed by atoms with Crippen LogP contribution in [0, 0.1) is 11.8 Å². The van der Waals surface area contributed by atoms with Gasteiger partial charge in [0.1, 0.15) is 19.3 Å². The maximum absolute atomic E-state index is 13.1. The first-order chi connectivity index (χ1) is 50.9. The first kappa shape index (κ1) is 103. The first-order valence-corrected chi connectivity index (χ1v) is 47.5. The van der Waals surface area contributed by atoms with Crippen LogP contribution in [-0.4, -0.2) is 96.7 Å². The number of ether oxygens (including phenoxy) is 4. The zero-order valence-electron chi connectivity index (χ0n) is 69.0. The normalized spacial score (nSPS) is 14.1. The molecule has 0 aliphatic carbocycles. The summed E-state index contributed by atoms with van der Waals surface area (Å²) in [7, 11) is -9.93. The minimum atomic E-state index is -4.97. The fourth-order valence-electron chi connectivity index (χ4n) is 13.4. The maximum Gasteiger partial charge on any atom is 0.472 e. The highest BCUT2D eigenvalue weighted by Gasteiger charge is 2.30. The van der Waals surface area contributed by atoms with E-state index in [-0.39, 0.29) is 25.7 Å². The summed E-state index contributed by atoms with van der Waals surface area (Å²) in [6, 6.07) is 0. The quantitative estimate of drug-likeness (QED) is 0.0222. The minimum Gasteiger partial charge on any atom is -0.462 e. The van der Waals surface area contributed by atoms with E-state index in [1.165, 1.54) is 270 Å². The monoisotopic (exact) mass is 1540 g/mol. The number of hydrogen-bond acceptors (Lipinski definition) is 15. The summed E-state index contributed by atoms with van der Waals surface area (Å²) >= 11 is 0. The molecule has 17 nitrogen and oxygen atoms in total. The third-order valence-electron chi connectivity index (χ3n) is 20.6. The lowest BCUT2D eigenvalue weighted by Crippen LogP contribution is -2.30. The molecule has 0 aromatic heterocycles. The van der Waals surface area contributed by atoms with Crippen LogP contribution in [0.1, 0.15) is 459 Å². The molecule has 0 saturated heterocycles. The number of aliphatic hydroxyl groups is 1. The Hall–Kier alpha value is -1.94. The highest BCUT2D eigenvalue weighted by molar-refractivity contribution is 7.47. The van der Waals surface area contributed by atoms with Crippen LogP contribution in [-0.2, 0) is 65.4 Å². The summed E-state index contributed by atoms with van der Waals surface area (Å²) in [5.41, 5.74) is 0. The highest BCUT2D eigenvalue weighted by atomic mass is 31.2. The van der Waals surface area contributed by atoms with E-state index in [9.17, 15) is 43.2 Å². The predicted octanol–water partition coefficient (Wildman–Crippen LogP) is 26.2. The number of aliphatic hydroxyl groups excluding tert-OH is 1. The smallest absolute Gasteiger partial charge is 0.462 e. The molecule has 6 atom stereocenters. The van der Waals surface area contributed by atoms with Gasteiger partial charge in [-0.2, -0.15) is 0 Å². The largest absolute Gasteiger partial charge is 0.472 e. The lowest BCUT2D eigenvalue weighted by Gasteiger charge is -2.21. The molecule has 0 radical (unpaired) electrons. The Bertz CT molecular complexity index is 2010. The fraction of sp³-hybridized carbons (Fsp3) is 0.953. The van der Waals surface area contributed by atoms with Crippen LogP contribution in [0.25, 0.3) is 0 Å². The predicted molar refractivity (Wildman–Crippen MR) is 432 cm³/mol. The van der Waals surface area contributed by atoms with Crippen molar-refractivity contribution in [3.05, 3.63) is 0 Å². The van der Waals surface area contributed by atoms with Gasteiger partial charge in [-0.15, -0.1) is 0 Å². The molecular formula is C86H168O17P2. The van der Waals surface area contributed by atoms with Crippen LogP contribution in [0.4, 0.5) is 0 Å². The molecule has 0 fully saturated rings. The van der Waals surface area contributed by atoms with Gasteiger partial charge in [-0.05, 0) is 37.5 Å². The Morgan fingerprint density at radius 1 is 0.276 bits per heavy atom. The van der Waals surface area contributed by atoms with Crippen molar-refractivity contribution < 1.29 is 80.2 Å². The third kappa shape index (κ3) is 78.5. The number of phosphoric acid groups is 2. The molecule has 3 N–H and O–H groups in total. The maximum atomic E-state index is 13.1. The molecule has 3 unspecified atom stereocenters. The van der Waals surface area contributed by atoms with E-state index < -0.39 is 97.5 Å². The van der Waals surface area contributed by atoms with Crippen molar-refractivity contribution in [1.29, 1.82) is 0 Å². The van der Waals surface area contributed by atoms with Crippen molar-refractivity contribution in [2.24, 2.45) is 11.8 Å². The molecular weight excluding hydrogens is 1370 g/mol. The number of unbranched alkanes of at least 4 members (excludes halogenated alkanes) is 54. The van der Waals surface area contributed by atoms with Crippen molar-refractivity contribution in [2.75, 3.05) is 39.6 Å². The molecule has 0 aliphatic rings. The summed E-state index contributed by atoms with van der Waals surface area (Å²) in [4.78, 5) is 73.2. The van der Waals surface area contributed by atoms with E-state index in [0.29, 0.717) is 31.6 Å². The highest BCUT2D eigenvalue weighted by Crippen LogP contribution is 2.45. The Labute approximate surface area is 645 Å².